The smallest absolute Gasteiger partial charge is 0.255 e. The lowest BCUT2D eigenvalue weighted by Crippen LogP contribution is -2.17. The Kier molecular flexibility index (Phi) is 5.75. The third kappa shape index (κ3) is 5.41. The van der Waals surface area contributed by atoms with E-state index in [1.807, 2.05) is 4.72 Å². The van der Waals surface area contributed by atoms with E-state index in [1.165, 1.54) is 24.3 Å². The molecule has 0 aliphatic heterocycles. The molecule has 0 atom stereocenters. The highest BCUT2D eigenvalue weighted by Crippen LogP contribution is 2.25. The fourth-order valence-electron chi connectivity index (χ4n) is 1.80. The molecule has 0 unspecified atom stereocenters. The van der Waals surface area contributed by atoms with E-state index in [0.717, 1.165) is 17.5 Å². The maximum Gasteiger partial charge on any atom is 0.255 e. The molecular weight excluding hydrogens is 414 g/mol. The number of benzene rings is 2. The topological polar surface area (TPSA) is 106 Å². The fourth-order valence-corrected chi connectivity index (χ4v) is 3.73. The van der Waals surface area contributed by atoms with Crippen LogP contribution < -0.4 is 9.86 Å². The van der Waals surface area contributed by atoms with Crippen molar-refractivity contribution < 1.29 is 21.2 Å². The van der Waals surface area contributed by atoms with Crippen LogP contribution in [0.2, 0.25) is 10.0 Å². The molecule has 11 heteroatoms. The van der Waals surface area contributed by atoms with Crippen molar-refractivity contribution in [2.45, 2.75) is 4.90 Å². The van der Waals surface area contributed by atoms with Crippen LogP contribution in [0.1, 0.15) is 5.56 Å². The summed E-state index contributed by atoms with van der Waals surface area (Å²) in [5.74, 6) is -0.835. The van der Waals surface area contributed by atoms with Gasteiger partial charge in [-0.25, -0.2) is 26.4 Å². The average Bonchev–Trinajstić information content (AvgIpc) is 2.47. The molecule has 2 aromatic rings. The number of rotatable bonds is 5. The maximum atomic E-state index is 13.3. The molecule has 0 aliphatic rings. The van der Waals surface area contributed by atoms with Gasteiger partial charge in [0, 0.05) is 0 Å². The first-order valence-corrected chi connectivity index (χ1v) is 10.3. The first kappa shape index (κ1) is 19.7. The monoisotopic (exact) mass is 424 g/mol. The Morgan fingerprint density at radius 1 is 1.00 bits per heavy atom. The van der Waals surface area contributed by atoms with Crippen molar-refractivity contribution >= 4 is 55.0 Å². The highest BCUT2D eigenvalue weighted by Gasteiger charge is 2.18. The molecule has 0 saturated carbocycles. The van der Waals surface area contributed by atoms with Crippen molar-refractivity contribution in [1.82, 2.24) is 0 Å². The number of primary sulfonamides is 1. The predicted molar refractivity (Wildman–Crippen MR) is 95.8 cm³/mol. The maximum absolute atomic E-state index is 13.3. The summed E-state index contributed by atoms with van der Waals surface area (Å²) in [6, 6.07) is 6.87. The van der Waals surface area contributed by atoms with Gasteiger partial charge in [-0.3, -0.25) is 4.72 Å². The molecule has 6 nitrogen and oxygen atoms in total. The lowest BCUT2D eigenvalue weighted by Gasteiger charge is -2.09. The number of hydrogen-bond acceptors (Lipinski definition) is 4. The SMILES string of the molecule is NS(=O)(=O)c1ccc(F)cc1NS(=O)(=O)C=Cc1ccc(Cl)c(Cl)c1. The molecule has 0 amide bonds. The zero-order valence-electron chi connectivity index (χ0n) is 12.3. The minimum atomic E-state index is -4.25. The predicted octanol–water partition coefficient (Wildman–Crippen LogP) is 3.19. The van der Waals surface area contributed by atoms with Crippen molar-refractivity contribution in [2.75, 3.05) is 4.72 Å². The second-order valence-corrected chi connectivity index (χ2v) is 8.72. The molecule has 0 bridgehead atoms. The molecule has 0 fully saturated rings. The van der Waals surface area contributed by atoms with Crippen molar-refractivity contribution in [3.8, 4) is 0 Å². The van der Waals surface area contributed by atoms with Crippen LogP contribution in [-0.4, -0.2) is 16.8 Å². The summed E-state index contributed by atoms with van der Waals surface area (Å²) >= 11 is 11.6. The van der Waals surface area contributed by atoms with Gasteiger partial charge in [0.25, 0.3) is 10.0 Å². The Morgan fingerprint density at radius 3 is 2.28 bits per heavy atom. The van der Waals surface area contributed by atoms with Gasteiger partial charge in [0.2, 0.25) is 10.0 Å². The highest BCUT2D eigenvalue weighted by atomic mass is 35.5. The molecule has 25 heavy (non-hydrogen) atoms. The van der Waals surface area contributed by atoms with E-state index < -0.39 is 36.4 Å². The summed E-state index contributed by atoms with van der Waals surface area (Å²) in [5, 5.41) is 6.30. The molecule has 0 heterocycles. The summed E-state index contributed by atoms with van der Waals surface area (Å²) in [5.41, 5.74) is -0.0630. The van der Waals surface area contributed by atoms with E-state index in [-0.39, 0.29) is 5.02 Å². The zero-order valence-corrected chi connectivity index (χ0v) is 15.4. The Hall–Kier alpha value is -1.65. The Bertz CT molecular complexity index is 1050. The molecule has 3 N–H and O–H groups in total. The van der Waals surface area contributed by atoms with Gasteiger partial charge in [0.15, 0.2) is 0 Å². The molecule has 134 valence electrons. The minimum absolute atomic E-state index is 0.232. The third-order valence-corrected chi connectivity index (χ3v) is 5.59. The first-order chi connectivity index (χ1) is 11.5. The molecule has 0 aliphatic carbocycles. The quantitative estimate of drug-likeness (QED) is 0.767. The summed E-state index contributed by atoms with van der Waals surface area (Å²) in [6.45, 7) is 0. The Morgan fingerprint density at radius 2 is 1.68 bits per heavy atom. The molecule has 0 radical (unpaired) electrons. The van der Waals surface area contributed by atoms with E-state index in [4.69, 9.17) is 28.3 Å². The number of nitrogens with two attached hydrogens (primary N) is 1. The van der Waals surface area contributed by atoms with E-state index in [0.29, 0.717) is 16.7 Å². The van der Waals surface area contributed by atoms with E-state index in [2.05, 4.69) is 0 Å². The number of anilines is 1. The van der Waals surface area contributed by atoms with Crippen LogP contribution in [0.3, 0.4) is 0 Å². The zero-order chi connectivity index (χ0) is 18.8. The summed E-state index contributed by atoms with van der Waals surface area (Å²) < 4.78 is 62.4. The third-order valence-electron chi connectivity index (χ3n) is 2.88. The Balaban J connectivity index is 2.34. The van der Waals surface area contributed by atoms with Crippen LogP contribution >= 0.6 is 23.2 Å². The van der Waals surface area contributed by atoms with Gasteiger partial charge in [0.05, 0.1) is 21.1 Å². The summed E-state index contributed by atoms with van der Waals surface area (Å²) in [7, 11) is -8.40. The molecular formula is C14H11Cl2FN2O4S2. The van der Waals surface area contributed by atoms with E-state index in [9.17, 15) is 21.2 Å². The molecule has 0 saturated heterocycles. The number of hydrogen-bond donors (Lipinski definition) is 2. The second-order valence-electron chi connectivity index (χ2n) is 4.81. The number of halogens is 3. The van der Waals surface area contributed by atoms with Crippen LogP contribution in [0.4, 0.5) is 10.1 Å². The number of sulfonamides is 2. The van der Waals surface area contributed by atoms with Gasteiger partial charge < -0.3 is 0 Å². The summed E-state index contributed by atoms with van der Waals surface area (Å²) in [4.78, 5) is -0.555. The standard InChI is InChI=1S/C14H11Cl2FN2O4S2/c15-11-3-1-9(7-12(11)16)5-6-24(20,21)19-13-8-10(17)2-4-14(13)25(18,22)23/h1-8,19H,(H2,18,22,23). The van der Waals surface area contributed by atoms with Crippen molar-refractivity contribution in [3.63, 3.8) is 0 Å². The lowest BCUT2D eigenvalue weighted by molar-refractivity contribution is 0.597. The van der Waals surface area contributed by atoms with Gasteiger partial charge >= 0.3 is 0 Å². The van der Waals surface area contributed by atoms with Crippen LogP contribution in [0, 0.1) is 5.82 Å². The second kappa shape index (κ2) is 7.30. The lowest BCUT2D eigenvalue weighted by atomic mass is 10.2. The highest BCUT2D eigenvalue weighted by molar-refractivity contribution is 7.95. The van der Waals surface area contributed by atoms with Crippen molar-refractivity contribution in [2.24, 2.45) is 5.14 Å². The van der Waals surface area contributed by atoms with Crippen LogP contribution in [0.5, 0.6) is 0 Å². The van der Waals surface area contributed by atoms with E-state index >= 15 is 0 Å². The van der Waals surface area contributed by atoms with Gasteiger partial charge in [-0.2, -0.15) is 0 Å². The fraction of sp³-hybridized carbons (Fsp3) is 0. The van der Waals surface area contributed by atoms with Crippen LogP contribution in [-0.2, 0) is 20.0 Å². The minimum Gasteiger partial charge on any atom is -0.279 e. The first-order valence-electron chi connectivity index (χ1n) is 6.46. The van der Waals surface area contributed by atoms with Gasteiger partial charge in [-0.1, -0.05) is 29.3 Å². The molecule has 2 rings (SSSR count). The molecule has 0 aromatic heterocycles. The normalized spacial score (nSPS) is 12.5. The Labute approximate surface area is 154 Å². The van der Waals surface area contributed by atoms with Gasteiger partial charge in [-0.15, -0.1) is 0 Å². The largest absolute Gasteiger partial charge is 0.279 e. The van der Waals surface area contributed by atoms with Gasteiger partial charge in [-0.05, 0) is 42.0 Å². The van der Waals surface area contributed by atoms with Gasteiger partial charge in [0.1, 0.15) is 10.7 Å². The molecule has 2 aromatic carbocycles. The average molecular weight is 425 g/mol. The summed E-state index contributed by atoms with van der Waals surface area (Å²) in [6.07, 6.45) is 1.21. The van der Waals surface area contributed by atoms with E-state index in [1.54, 1.807) is 0 Å². The van der Waals surface area contributed by atoms with Crippen molar-refractivity contribution in [3.05, 3.63) is 63.2 Å². The number of nitrogens with one attached hydrogen (secondary N) is 1. The van der Waals surface area contributed by atoms with Crippen molar-refractivity contribution in [1.29, 1.82) is 0 Å². The van der Waals surface area contributed by atoms with Crippen LogP contribution in [0.25, 0.3) is 6.08 Å². The van der Waals surface area contributed by atoms with Crippen LogP contribution in [0.15, 0.2) is 46.7 Å². The molecule has 0 spiro atoms.